The van der Waals surface area contributed by atoms with Gasteiger partial charge in [-0.1, -0.05) is 11.6 Å². The van der Waals surface area contributed by atoms with Crippen LogP contribution in [-0.2, 0) is 20.7 Å². The van der Waals surface area contributed by atoms with Crippen molar-refractivity contribution >= 4 is 34.9 Å². The summed E-state index contributed by atoms with van der Waals surface area (Å²) >= 11 is 6.10. The molecule has 0 aliphatic carbocycles. The van der Waals surface area contributed by atoms with Crippen molar-refractivity contribution in [3.05, 3.63) is 56.8 Å². The smallest absolute Gasteiger partial charge is 0.310 e. The zero-order valence-corrected chi connectivity index (χ0v) is 15.5. The fourth-order valence-electron chi connectivity index (χ4n) is 2.56. The molecule has 0 spiro atoms. The molecule has 29 heavy (non-hydrogen) atoms. The van der Waals surface area contributed by atoms with Crippen molar-refractivity contribution in [2.45, 2.75) is 6.42 Å². The monoisotopic (exact) mass is 424 g/mol. The van der Waals surface area contributed by atoms with Crippen molar-refractivity contribution in [2.24, 2.45) is 0 Å². The third-order valence-electron chi connectivity index (χ3n) is 3.80. The number of nitrogens with zero attached hydrogens (tertiary/aromatic N) is 1. The lowest BCUT2D eigenvalue weighted by Crippen LogP contribution is -2.22. The van der Waals surface area contributed by atoms with Gasteiger partial charge in [-0.25, -0.2) is 0 Å². The molecule has 2 aromatic rings. The Labute approximate surface area is 168 Å². The molecule has 1 N–H and O–H groups in total. The average Bonchev–Trinajstić information content (AvgIpc) is 2.68. The number of hydrogen-bond acceptors (Lipinski definition) is 7. The Kier molecular flexibility index (Phi) is 6.13. The summed E-state index contributed by atoms with van der Waals surface area (Å²) in [5, 5.41) is 13.3. The molecule has 2 aromatic carbocycles. The number of rotatable bonds is 6. The summed E-state index contributed by atoms with van der Waals surface area (Å²) in [7, 11) is 0. The second kappa shape index (κ2) is 8.74. The predicted octanol–water partition coefficient (Wildman–Crippen LogP) is 2.88. The molecule has 0 bridgehead atoms. The molecule has 0 unspecified atom stereocenters. The van der Waals surface area contributed by atoms with Gasteiger partial charge >= 0.3 is 11.7 Å². The SMILES string of the molecule is O=C(COC(=O)Cc1cc(Cl)c2c(c1)OCCO2)Nc1ccc(F)c([N+](=O)[O-])c1. The van der Waals surface area contributed by atoms with Gasteiger partial charge in [-0.2, -0.15) is 4.39 Å². The largest absolute Gasteiger partial charge is 0.486 e. The fourth-order valence-corrected chi connectivity index (χ4v) is 2.85. The zero-order valence-electron chi connectivity index (χ0n) is 14.8. The van der Waals surface area contributed by atoms with Gasteiger partial charge in [0.1, 0.15) is 13.2 Å². The zero-order chi connectivity index (χ0) is 21.0. The molecule has 152 valence electrons. The van der Waals surface area contributed by atoms with E-state index < -0.39 is 34.9 Å². The van der Waals surface area contributed by atoms with Gasteiger partial charge < -0.3 is 19.5 Å². The van der Waals surface area contributed by atoms with Crippen LogP contribution in [0, 0.1) is 15.9 Å². The number of fused-ring (bicyclic) bond motifs is 1. The Morgan fingerprint density at radius 3 is 2.76 bits per heavy atom. The number of benzene rings is 2. The number of amides is 1. The van der Waals surface area contributed by atoms with Crippen molar-refractivity contribution < 1.29 is 33.1 Å². The van der Waals surface area contributed by atoms with Crippen LogP contribution >= 0.6 is 11.6 Å². The first-order valence-corrected chi connectivity index (χ1v) is 8.68. The molecule has 1 aliphatic rings. The summed E-state index contributed by atoms with van der Waals surface area (Å²) in [5.41, 5.74) is -0.271. The minimum atomic E-state index is -1.03. The van der Waals surface area contributed by atoms with Crippen LogP contribution in [0.15, 0.2) is 30.3 Å². The number of nitro groups is 1. The normalized spacial score (nSPS) is 12.2. The molecule has 0 saturated carbocycles. The highest BCUT2D eigenvalue weighted by Crippen LogP contribution is 2.38. The molecule has 0 radical (unpaired) electrons. The quantitative estimate of drug-likeness (QED) is 0.430. The molecular formula is C18H14ClFN2O7. The Hall–Kier alpha value is -3.40. The molecule has 9 nitrogen and oxygen atoms in total. The van der Waals surface area contributed by atoms with E-state index in [2.05, 4.69) is 5.32 Å². The van der Waals surface area contributed by atoms with Crippen LogP contribution in [0.1, 0.15) is 5.56 Å². The van der Waals surface area contributed by atoms with Crippen LogP contribution in [0.5, 0.6) is 11.5 Å². The number of ether oxygens (including phenoxy) is 3. The number of anilines is 1. The Morgan fingerprint density at radius 2 is 2.00 bits per heavy atom. The highest BCUT2D eigenvalue weighted by atomic mass is 35.5. The van der Waals surface area contributed by atoms with Gasteiger partial charge in [-0.15, -0.1) is 0 Å². The van der Waals surface area contributed by atoms with E-state index in [1.54, 1.807) is 6.07 Å². The lowest BCUT2D eigenvalue weighted by atomic mass is 10.1. The molecular weight excluding hydrogens is 411 g/mol. The Morgan fingerprint density at radius 1 is 1.24 bits per heavy atom. The van der Waals surface area contributed by atoms with Gasteiger partial charge in [-0.3, -0.25) is 19.7 Å². The second-order valence-corrected chi connectivity index (χ2v) is 6.32. The van der Waals surface area contributed by atoms with Crippen LogP contribution in [0.2, 0.25) is 5.02 Å². The van der Waals surface area contributed by atoms with Crippen LogP contribution in [0.4, 0.5) is 15.8 Å². The topological polar surface area (TPSA) is 117 Å². The van der Waals surface area contributed by atoms with E-state index in [0.29, 0.717) is 35.3 Å². The fraction of sp³-hybridized carbons (Fsp3) is 0.222. The lowest BCUT2D eigenvalue weighted by molar-refractivity contribution is -0.387. The molecule has 0 aromatic heterocycles. The summed E-state index contributed by atoms with van der Waals surface area (Å²) in [6.45, 7) is 0.113. The first-order chi connectivity index (χ1) is 13.8. The molecule has 1 aliphatic heterocycles. The summed E-state index contributed by atoms with van der Waals surface area (Å²) in [5.74, 6) is -1.64. The number of nitro benzene ring substituents is 1. The van der Waals surface area contributed by atoms with Crippen molar-refractivity contribution in [3.63, 3.8) is 0 Å². The number of carbonyl (C=O) groups excluding carboxylic acids is 2. The average molecular weight is 425 g/mol. The standard InChI is InChI=1S/C18H14ClFN2O7/c19-12-5-10(6-15-18(12)28-4-3-27-15)7-17(24)29-9-16(23)21-11-1-2-13(20)14(8-11)22(25)26/h1-2,5-6,8H,3-4,7,9H2,(H,21,23). The molecule has 1 heterocycles. The number of hydrogen-bond donors (Lipinski definition) is 1. The Bertz CT molecular complexity index is 983. The minimum Gasteiger partial charge on any atom is -0.486 e. The van der Waals surface area contributed by atoms with Crippen LogP contribution in [-0.4, -0.2) is 36.6 Å². The van der Waals surface area contributed by atoms with Gasteiger partial charge in [-0.05, 0) is 29.8 Å². The van der Waals surface area contributed by atoms with E-state index in [0.717, 1.165) is 18.2 Å². The minimum absolute atomic E-state index is 0.00207. The number of halogens is 2. The molecule has 3 rings (SSSR count). The van der Waals surface area contributed by atoms with Gasteiger partial charge in [0.2, 0.25) is 5.82 Å². The number of nitrogens with one attached hydrogen (secondary N) is 1. The molecule has 0 atom stereocenters. The number of carbonyl (C=O) groups is 2. The summed E-state index contributed by atoms with van der Waals surface area (Å²) < 4.78 is 29.0. The summed E-state index contributed by atoms with van der Waals surface area (Å²) in [4.78, 5) is 33.7. The highest BCUT2D eigenvalue weighted by Gasteiger charge is 2.19. The summed E-state index contributed by atoms with van der Waals surface area (Å²) in [6, 6.07) is 6.00. The first-order valence-electron chi connectivity index (χ1n) is 8.31. The maximum Gasteiger partial charge on any atom is 0.310 e. The van der Waals surface area contributed by atoms with Crippen molar-refractivity contribution in [1.82, 2.24) is 0 Å². The second-order valence-electron chi connectivity index (χ2n) is 5.91. The third-order valence-corrected chi connectivity index (χ3v) is 4.08. The maximum absolute atomic E-state index is 13.3. The van der Waals surface area contributed by atoms with E-state index in [1.807, 2.05) is 0 Å². The first kappa shape index (κ1) is 20.3. The van der Waals surface area contributed by atoms with Crippen molar-refractivity contribution in [1.29, 1.82) is 0 Å². The highest BCUT2D eigenvalue weighted by molar-refractivity contribution is 6.32. The van der Waals surface area contributed by atoms with Gasteiger partial charge in [0.05, 0.1) is 16.4 Å². The summed E-state index contributed by atoms with van der Waals surface area (Å²) in [6.07, 6.45) is -0.161. The van der Waals surface area contributed by atoms with E-state index in [4.69, 9.17) is 25.8 Å². The molecule has 0 fully saturated rings. The Balaban J connectivity index is 1.54. The van der Waals surface area contributed by atoms with Gasteiger partial charge in [0.15, 0.2) is 18.1 Å². The van der Waals surface area contributed by atoms with E-state index >= 15 is 0 Å². The van der Waals surface area contributed by atoms with Crippen LogP contribution < -0.4 is 14.8 Å². The van der Waals surface area contributed by atoms with Crippen LogP contribution in [0.3, 0.4) is 0 Å². The number of esters is 1. The van der Waals surface area contributed by atoms with Crippen molar-refractivity contribution in [2.75, 3.05) is 25.1 Å². The van der Waals surface area contributed by atoms with E-state index in [-0.39, 0.29) is 12.1 Å². The van der Waals surface area contributed by atoms with Crippen LogP contribution in [0.25, 0.3) is 0 Å². The maximum atomic E-state index is 13.3. The van der Waals surface area contributed by atoms with Crippen molar-refractivity contribution in [3.8, 4) is 11.5 Å². The third kappa shape index (κ3) is 5.11. The lowest BCUT2D eigenvalue weighted by Gasteiger charge is -2.20. The molecule has 1 amide bonds. The van der Waals surface area contributed by atoms with E-state index in [9.17, 15) is 24.1 Å². The molecule has 0 saturated heterocycles. The molecule has 11 heteroatoms. The predicted molar refractivity (Wildman–Crippen MR) is 98.8 cm³/mol. The van der Waals surface area contributed by atoms with E-state index in [1.165, 1.54) is 6.07 Å². The van der Waals surface area contributed by atoms with Gasteiger partial charge in [0, 0.05) is 11.8 Å². The van der Waals surface area contributed by atoms with Gasteiger partial charge in [0.25, 0.3) is 5.91 Å².